The zero-order valence-corrected chi connectivity index (χ0v) is 22.5. The number of fused-ring (bicyclic) bond motifs is 7. The van der Waals surface area contributed by atoms with Crippen molar-refractivity contribution in [1.82, 2.24) is 0 Å². The average molecular weight is 471 g/mol. The number of carbonyl (C=O) groups is 2. The van der Waals surface area contributed by atoms with E-state index in [9.17, 15) is 19.8 Å². The van der Waals surface area contributed by atoms with Gasteiger partial charge in [-0.05, 0) is 103 Å². The van der Waals surface area contributed by atoms with Gasteiger partial charge in [0.15, 0.2) is 5.78 Å². The molecular weight excluding hydrogens is 424 g/mol. The molecule has 4 nitrogen and oxygen atoms in total. The van der Waals surface area contributed by atoms with Crippen LogP contribution < -0.4 is 0 Å². The zero-order valence-electron chi connectivity index (χ0n) is 22.5. The highest BCUT2D eigenvalue weighted by molar-refractivity contribution is 5.96. The quantitative estimate of drug-likeness (QED) is 0.464. The highest BCUT2D eigenvalue weighted by Gasteiger charge is 2.71. The Morgan fingerprint density at radius 3 is 2.21 bits per heavy atom. The first kappa shape index (κ1) is 24.5. The van der Waals surface area contributed by atoms with E-state index in [-0.39, 0.29) is 50.8 Å². The van der Waals surface area contributed by atoms with Crippen molar-refractivity contribution in [2.45, 2.75) is 112 Å². The van der Waals surface area contributed by atoms with E-state index in [2.05, 4.69) is 48.5 Å². The third-order valence-corrected chi connectivity index (χ3v) is 12.8. The Balaban J connectivity index is 1.65. The summed E-state index contributed by atoms with van der Waals surface area (Å²) in [5.41, 5.74) is -0.127. The first-order valence-electron chi connectivity index (χ1n) is 13.7. The summed E-state index contributed by atoms with van der Waals surface area (Å²) in [5.74, 6) is -0.217. The van der Waals surface area contributed by atoms with Gasteiger partial charge in [-0.25, -0.2) is 0 Å². The van der Waals surface area contributed by atoms with Crippen LogP contribution in [-0.4, -0.2) is 28.1 Å². The second-order valence-corrected chi connectivity index (χ2v) is 15.0. The second-order valence-electron chi connectivity index (χ2n) is 15.0. The van der Waals surface area contributed by atoms with Crippen LogP contribution in [0.2, 0.25) is 0 Å². The van der Waals surface area contributed by atoms with Crippen LogP contribution in [0.4, 0.5) is 0 Å². The monoisotopic (exact) mass is 470 g/mol. The number of aliphatic hydroxyl groups is 1. The van der Waals surface area contributed by atoms with Gasteiger partial charge in [0.25, 0.3) is 0 Å². The average Bonchev–Trinajstić information content (AvgIpc) is 2.72. The van der Waals surface area contributed by atoms with Crippen LogP contribution in [-0.2, 0) is 9.59 Å². The lowest BCUT2D eigenvalue weighted by atomic mass is 9.33. The summed E-state index contributed by atoms with van der Waals surface area (Å²) in [4.78, 5) is 27.0. The van der Waals surface area contributed by atoms with E-state index in [1.807, 2.05) is 6.08 Å². The van der Waals surface area contributed by atoms with Gasteiger partial charge < -0.3 is 10.2 Å². The van der Waals surface area contributed by atoms with Crippen molar-refractivity contribution in [3.05, 3.63) is 11.6 Å². The summed E-state index contributed by atoms with van der Waals surface area (Å²) < 4.78 is 0. The fourth-order valence-electron chi connectivity index (χ4n) is 10.4. The zero-order chi connectivity index (χ0) is 25.1. The number of hydrogen-bond donors (Lipinski definition) is 2. The van der Waals surface area contributed by atoms with E-state index in [1.54, 1.807) is 0 Å². The van der Waals surface area contributed by atoms with E-state index in [0.29, 0.717) is 12.3 Å². The number of carboxylic acids is 1. The Hall–Kier alpha value is -1.16. The van der Waals surface area contributed by atoms with Crippen LogP contribution in [0.15, 0.2) is 11.6 Å². The number of allylic oxidation sites excluding steroid dienone is 2. The Morgan fingerprint density at radius 1 is 0.912 bits per heavy atom. The van der Waals surface area contributed by atoms with Crippen LogP contribution in [0.5, 0.6) is 0 Å². The standard InChI is InChI=1S/C30H46O4/c1-25(2)12-14-30(24(33)34)15-13-28(6)18(19(30)17-25)16-20(31)23-27(5)10-9-22(32)26(3,4)21(27)8-11-29(23,28)7/h16,19,21-23,32H,8-15,17H2,1-7H3,(H,33,34)/t19-,21+,22+,23-,27+,28-,29-,30+/m1/s1. The SMILES string of the molecule is CC1(C)CC[C@]2(C(=O)O)CC[C@]3(C)C(=CC(=O)[C@@H]4[C@@]5(C)CC[C@H](O)C(C)(C)[C@@H]5CC[C@]43C)[C@H]2C1. The molecule has 0 aliphatic heterocycles. The third-order valence-electron chi connectivity index (χ3n) is 12.8. The van der Waals surface area contributed by atoms with E-state index in [4.69, 9.17) is 0 Å². The summed E-state index contributed by atoms with van der Waals surface area (Å²) >= 11 is 0. The Labute approximate surface area is 206 Å². The van der Waals surface area contributed by atoms with Crippen molar-refractivity contribution in [2.24, 2.45) is 50.2 Å². The van der Waals surface area contributed by atoms with Crippen LogP contribution in [0.25, 0.3) is 0 Å². The number of aliphatic carboxylic acids is 1. The predicted molar refractivity (Wildman–Crippen MR) is 133 cm³/mol. The summed E-state index contributed by atoms with van der Waals surface area (Å²) in [5, 5.41) is 21.3. The van der Waals surface area contributed by atoms with Crippen molar-refractivity contribution in [3.63, 3.8) is 0 Å². The molecule has 0 spiro atoms. The molecule has 4 saturated carbocycles. The molecule has 0 bridgehead atoms. The number of aliphatic hydroxyl groups excluding tert-OH is 1. The maximum atomic E-state index is 14.2. The van der Waals surface area contributed by atoms with Gasteiger partial charge in [-0.15, -0.1) is 0 Å². The number of carbonyl (C=O) groups excluding carboxylic acids is 1. The Kier molecular flexibility index (Phi) is 5.04. The first-order valence-corrected chi connectivity index (χ1v) is 13.7. The molecule has 5 rings (SSSR count). The van der Waals surface area contributed by atoms with Crippen LogP contribution in [0.1, 0.15) is 106 Å². The molecular formula is C30H46O4. The summed E-state index contributed by atoms with van der Waals surface area (Å²) in [7, 11) is 0. The normalized spacial score (nSPS) is 51.3. The molecule has 8 atom stereocenters. The maximum absolute atomic E-state index is 14.2. The van der Waals surface area contributed by atoms with E-state index < -0.39 is 11.4 Å². The summed E-state index contributed by atoms with van der Waals surface area (Å²) in [6.07, 6.45) is 9.38. The van der Waals surface area contributed by atoms with Gasteiger partial charge in [0.05, 0.1) is 11.5 Å². The van der Waals surface area contributed by atoms with Crippen molar-refractivity contribution >= 4 is 11.8 Å². The lowest BCUT2D eigenvalue weighted by molar-refractivity contribution is -0.204. The molecule has 0 unspecified atom stereocenters. The molecule has 0 aromatic rings. The molecule has 0 aromatic heterocycles. The van der Waals surface area contributed by atoms with E-state index >= 15 is 0 Å². The Morgan fingerprint density at radius 2 is 1.56 bits per heavy atom. The number of ketones is 1. The minimum absolute atomic E-state index is 0.0515. The molecule has 2 N–H and O–H groups in total. The van der Waals surface area contributed by atoms with Gasteiger partial charge >= 0.3 is 5.97 Å². The fourth-order valence-corrected chi connectivity index (χ4v) is 10.4. The van der Waals surface area contributed by atoms with Gasteiger partial charge in [0.2, 0.25) is 0 Å². The first-order chi connectivity index (χ1) is 15.6. The molecule has 0 saturated heterocycles. The van der Waals surface area contributed by atoms with Crippen molar-refractivity contribution in [1.29, 1.82) is 0 Å². The largest absolute Gasteiger partial charge is 0.481 e. The predicted octanol–water partition coefficient (Wildman–Crippen LogP) is 6.41. The van der Waals surface area contributed by atoms with Gasteiger partial charge in [-0.2, -0.15) is 0 Å². The van der Waals surface area contributed by atoms with Crippen molar-refractivity contribution in [2.75, 3.05) is 0 Å². The minimum atomic E-state index is -0.720. The maximum Gasteiger partial charge on any atom is 0.310 e. The smallest absolute Gasteiger partial charge is 0.310 e. The fraction of sp³-hybridized carbons (Fsp3) is 0.867. The number of rotatable bonds is 1. The molecule has 0 heterocycles. The molecule has 5 aliphatic carbocycles. The minimum Gasteiger partial charge on any atom is -0.481 e. The van der Waals surface area contributed by atoms with Crippen LogP contribution in [0.3, 0.4) is 0 Å². The van der Waals surface area contributed by atoms with Gasteiger partial charge in [-0.3, -0.25) is 9.59 Å². The second kappa shape index (κ2) is 6.99. The van der Waals surface area contributed by atoms with Gasteiger partial charge in [-0.1, -0.05) is 54.0 Å². The van der Waals surface area contributed by atoms with Crippen molar-refractivity contribution < 1.29 is 19.8 Å². The molecule has 4 fully saturated rings. The third kappa shape index (κ3) is 2.81. The molecule has 5 aliphatic rings. The highest BCUT2D eigenvalue weighted by Crippen LogP contribution is 2.75. The van der Waals surface area contributed by atoms with Gasteiger partial charge in [0, 0.05) is 5.92 Å². The van der Waals surface area contributed by atoms with Crippen LogP contribution in [0, 0.1) is 50.2 Å². The molecule has 0 radical (unpaired) electrons. The summed E-state index contributed by atoms with van der Waals surface area (Å²) in [6, 6.07) is 0. The topological polar surface area (TPSA) is 74.6 Å². The summed E-state index contributed by atoms with van der Waals surface area (Å²) in [6.45, 7) is 16.0. The highest BCUT2D eigenvalue weighted by atomic mass is 16.4. The lowest BCUT2D eigenvalue weighted by Crippen LogP contribution is -2.67. The van der Waals surface area contributed by atoms with Gasteiger partial charge in [0.1, 0.15) is 0 Å². The molecule has 190 valence electrons. The number of hydrogen-bond acceptors (Lipinski definition) is 3. The van der Waals surface area contributed by atoms with E-state index in [0.717, 1.165) is 56.9 Å². The van der Waals surface area contributed by atoms with Crippen LogP contribution >= 0.6 is 0 Å². The Bertz CT molecular complexity index is 961. The molecule has 34 heavy (non-hydrogen) atoms. The van der Waals surface area contributed by atoms with Crippen molar-refractivity contribution in [3.8, 4) is 0 Å². The molecule has 4 heteroatoms. The number of carboxylic acid groups (broad SMARTS) is 1. The molecule has 0 aromatic carbocycles. The molecule has 0 amide bonds. The van der Waals surface area contributed by atoms with E-state index in [1.165, 1.54) is 0 Å². The lowest BCUT2D eigenvalue weighted by Gasteiger charge is -2.70.